The lowest BCUT2D eigenvalue weighted by Gasteiger charge is -2.13. The van der Waals surface area contributed by atoms with Crippen molar-refractivity contribution in [2.75, 3.05) is 0 Å². The SMILES string of the molecule is O=c1c2ccc(-c3ccc4ccccc4c3)cc2nc2c(-c3ccccc3)nc3cc(-c4ccccc4)ccc3n12. The van der Waals surface area contributed by atoms with Gasteiger partial charge >= 0.3 is 0 Å². The molecule has 0 N–H and O–H groups in total. The molecule has 0 fully saturated rings. The number of nitrogens with zero attached hydrogens (tertiary/aromatic N) is 3. The van der Waals surface area contributed by atoms with Crippen molar-refractivity contribution in [1.82, 2.24) is 14.4 Å². The highest BCUT2D eigenvalue weighted by atomic mass is 16.1. The molecule has 0 unspecified atom stereocenters. The highest BCUT2D eigenvalue weighted by Crippen LogP contribution is 2.31. The molecular weight excluding hydrogens is 502 g/mol. The van der Waals surface area contributed by atoms with Gasteiger partial charge in [-0.05, 0) is 63.4 Å². The lowest BCUT2D eigenvalue weighted by Crippen LogP contribution is -2.17. The molecule has 41 heavy (non-hydrogen) atoms. The van der Waals surface area contributed by atoms with Gasteiger partial charge in [-0.15, -0.1) is 0 Å². The van der Waals surface area contributed by atoms with Gasteiger partial charge in [0.2, 0.25) is 0 Å². The summed E-state index contributed by atoms with van der Waals surface area (Å²) in [7, 11) is 0. The summed E-state index contributed by atoms with van der Waals surface area (Å²) in [6.45, 7) is 0. The molecular formula is C37H23N3O. The Kier molecular flexibility index (Phi) is 5.25. The third-order valence-corrected chi connectivity index (χ3v) is 7.77. The van der Waals surface area contributed by atoms with E-state index in [-0.39, 0.29) is 5.56 Å². The van der Waals surface area contributed by atoms with E-state index in [2.05, 4.69) is 48.5 Å². The van der Waals surface area contributed by atoms with Crippen LogP contribution in [0.1, 0.15) is 0 Å². The Labute approximate surface area is 235 Å². The minimum absolute atomic E-state index is 0.105. The molecule has 8 rings (SSSR count). The Morgan fingerprint density at radius 1 is 0.463 bits per heavy atom. The number of aromatic nitrogens is 3. The molecule has 2 heterocycles. The van der Waals surface area contributed by atoms with E-state index in [9.17, 15) is 4.79 Å². The summed E-state index contributed by atoms with van der Waals surface area (Å²) in [5.41, 5.74) is 8.41. The third-order valence-electron chi connectivity index (χ3n) is 7.77. The third kappa shape index (κ3) is 3.88. The molecule has 192 valence electrons. The zero-order valence-electron chi connectivity index (χ0n) is 22.0. The molecule has 0 saturated heterocycles. The molecule has 8 aromatic rings. The van der Waals surface area contributed by atoms with Crippen LogP contribution in [-0.2, 0) is 0 Å². The van der Waals surface area contributed by atoms with Crippen molar-refractivity contribution < 1.29 is 0 Å². The molecule has 2 aromatic heterocycles. The molecule has 0 saturated carbocycles. The van der Waals surface area contributed by atoms with E-state index in [1.807, 2.05) is 91.0 Å². The summed E-state index contributed by atoms with van der Waals surface area (Å²) >= 11 is 0. The smallest absolute Gasteiger partial charge is 0.266 e. The van der Waals surface area contributed by atoms with Gasteiger partial charge in [0.25, 0.3) is 5.56 Å². The Balaban J connectivity index is 1.41. The van der Waals surface area contributed by atoms with Crippen molar-refractivity contribution >= 4 is 38.4 Å². The van der Waals surface area contributed by atoms with Gasteiger partial charge in [0.05, 0.1) is 21.9 Å². The molecule has 4 nitrogen and oxygen atoms in total. The van der Waals surface area contributed by atoms with Gasteiger partial charge < -0.3 is 0 Å². The second-order valence-corrected chi connectivity index (χ2v) is 10.3. The first kappa shape index (κ1) is 23.3. The predicted octanol–water partition coefficient (Wildman–Crippen LogP) is 8.55. The Morgan fingerprint density at radius 3 is 1.88 bits per heavy atom. The molecule has 4 heteroatoms. The van der Waals surface area contributed by atoms with Gasteiger partial charge in [0.15, 0.2) is 5.65 Å². The number of benzene rings is 6. The first-order valence-electron chi connectivity index (χ1n) is 13.6. The maximum atomic E-state index is 14.2. The molecule has 0 aliphatic heterocycles. The second-order valence-electron chi connectivity index (χ2n) is 10.3. The molecule has 0 aliphatic carbocycles. The van der Waals surface area contributed by atoms with Crippen LogP contribution in [0.15, 0.2) is 144 Å². The largest absolute Gasteiger partial charge is 0.268 e. The van der Waals surface area contributed by atoms with Gasteiger partial charge in [0, 0.05) is 5.56 Å². The zero-order chi connectivity index (χ0) is 27.3. The summed E-state index contributed by atoms with van der Waals surface area (Å²) in [6, 6.07) is 46.9. The molecule has 6 aromatic carbocycles. The monoisotopic (exact) mass is 525 g/mol. The van der Waals surface area contributed by atoms with Gasteiger partial charge in [-0.3, -0.25) is 9.20 Å². The fraction of sp³-hybridized carbons (Fsp3) is 0. The summed E-state index contributed by atoms with van der Waals surface area (Å²) < 4.78 is 1.72. The van der Waals surface area contributed by atoms with Gasteiger partial charge in [0.1, 0.15) is 5.69 Å². The molecule has 0 atom stereocenters. The Morgan fingerprint density at radius 2 is 1.07 bits per heavy atom. The Bertz CT molecular complexity index is 2320. The van der Waals surface area contributed by atoms with Gasteiger partial charge in [-0.25, -0.2) is 9.97 Å². The van der Waals surface area contributed by atoms with Crippen molar-refractivity contribution in [3.05, 3.63) is 150 Å². The number of hydrogen-bond acceptors (Lipinski definition) is 3. The highest BCUT2D eigenvalue weighted by Gasteiger charge is 2.17. The fourth-order valence-electron chi connectivity index (χ4n) is 5.69. The van der Waals surface area contributed by atoms with Crippen LogP contribution in [0.5, 0.6) is 0 Å². The molecule has 0 amide bonds. The highest BCUT2D eigenvalue weighted by molar-refractivity contribution is 5.94. The van der Waals surface area contributed by atoms with Crippen LogP contribution >= 0.6 is 0 Å². The van der Waals surface area contributed by atoms with Crippen LogP contribution in [0.4, 0.5) is 0 Å². The van der Waals surface area contributed by atoms with Crippen molar-refractivity contribution in [3.63, 3.8) is 0 Å². The minimum Gasteiger partial charge on any atom is -0.268 e. The van der Waals surface area contributed by atoms with E-state index < -0.39 is 0 Å². The van der Waals surface area contributed by atoms with Gasteiger partial charge in [-0.1, -0.05) is 109 Å². The van der Waals surface area contributed by atoms with E-state index in [0.717, 1.165) is 38.9 Å². The minimum atomic E-state index is -0.105. The van der Waals surface area contributed by atoms with Crippen LogP contribution in [0.25, 0.3) is 71.9 Å². The van der Waals surface area contributed by atoms with E-state index >= 15 is 0 Å². The maximum absolute atomic E-state index is 14.2. The average molecular weight is 526 g/mol. The van der Waals surface area contributed by atoms with Crippen molar-refractivity contribution in [2.24, 2.45) is 0 Å². The maximum Gasteiger partial charge on any atom is 0.266 e. The van der Waals surface area contributed by atoms with Crippen LogP contribution in [-0.4, -0.2) is 14.4 Å². The first-order valence-corrected chi connectivity index (χ1v) is 13.6. The van der Waals surface area contributed by atoms with Crippen LogP contribution in [0.2, 0.25) is 0 Å². The summed E-state index contributed by atoms with van der Waals surface area (Å²) in [5, 5.41) is 2.94. The summed E-state index contributed by atoms with van der Waals surface area (Å²) in [5.74, 6) is 0. The predicted molar refractivity (Wildman–Crippen MR) is 168 cm³/mol. The van der Waals surface area contributed by atoms with E-state index in [0.29, 0.717) is 22.2 Å². The van der Waals surface area contributed by atoms with E-state index in [1.54, 1.807) is 4.40 Å². The normalized spacial score (nSPS) is 11.5. The number of hydrogen-bond donors (Lipinski definition) is 0. The molecule has 0 bridgehead atoms. The topological polar surface area (TPSA) is 47.3 Å². The lowest BCUT2D eigenvalue weighted by molar-refractivity contribution is 1.11. The first-order chi connectivity index (χ1) is 20.2. The number of rotatable bonds is 3. The van der Waals surface area contributed by atoms with Crippen molar-refractivity contribution in [2.45, 2.75) is 0 Å². The quantitative estimate of drug-likeness (QED) is 0.171. The average Bonchev–Trinajstić information content (AvgIpc) is 3.04. The number of fused-ring (bicyclic) bond motifs is 5. The van der Waals surface area contributed by atoms with E-state index in [1.165, 1.54) is 10.8 Å². The lowest BCUT2D eigenvalue weighted by atomic mass is 10.0. The van der Waals surface area contributed by atoms with Crippen LogP contribution in [0.3, 0.4) is 0 Å². The van der Waals surface area contributed by atoms with E-state index in [4.69, 9.17) is 9.97 Å². The fourth-order valence-corrected chi connectivity index (χ4v) is 5.69. The van der Waals surface area contributed by atoms with Crippen LogP contribution < -0.4 is 5.56 Å². The standard InChI is InChI=1S/C37H23N3O/c41-37-31-19-17-30(28-16-15-25-11-7-8-14-27(25)21-28)22-32(31)39-36-35(26-12-5-2-6-13-26)38-33-23-29(18-20-34(33)40(36)37)24-9-3-1-4-10-24/h1-23H. The summed E-state index contributed by atoms with van der Waals surface area (Å²) in [6.07, 6.45) is 0. The summed E-state index contributed by atoms with van der Waals surface area (Å²) in [4.78, 5) is 24.4. The second kappa shape index (κ2) is 9.25. The van der Waals surface area contributed by atoms with Crippen LogP contribution in [0, 0.1) is 0 Å². The van der Waals surface area contributed by atoms with Crippen molar-refractivity contribution in [1.29, 1.82) is 0 Å². The molecule has 0 aliphatic rings. The molecule has 0 spiro atoms. The molecule has 0 radical (unpaired) electrons. The zero-order valence-corrected chi connectivity index (χ0v) is 22.0. The Hall–Kier alpha value is -5.61. The van der Waals surface area contributed by atoms with Crippen molar-refractivity contribution in [3.8, 4) is 33.5 Å². The van der Waals surface area contributed by atoms with Gasteiger partial charge in [-0.2, -0.15) is 0 Å².